The van der Waals surface area contributed by atoms with Gasteiger partial charge >= 0.3 is 0 Å². The minimum atomic E-state index is -3.40. The Kier molecular flexibility index (Phi) is 4.36. The summed E-state index contributed by atoms with van der Waals surface area (Å²) in [5.74, 6) is 0.350. The molecule has 1 aliphatic carbocycles. The summed E-state index contributed by atoms with van der Waals surface area (Å²) in [6, 6.07) is 3.11. The number of thiophene rings is 1. The first-order chi connectivity index (χ1) is 7.97. The molecule has 0 aromatic carbocycles. The molecule has 17 heavy (non-hydrogen) atoms. The third-order valence-corrected chi connectivity index (χ3v) is 6.40. The Morgan fingerprint density at radius 3 is 2.71 bits per heavy atom. The summed E-state index contributed by atoms with van der Waals surface area (Å²) in [5, 5.41) is 0.195. The zero-order valence-electron chi connectivity index (χ0n) is 9.03. The topological polar surface area (TPSA) is 46.2 Å². The molecule has 0 aliphatic heterocycles. The predicted octanol–water partition coefficient (Wildman–Crippen LogP) is 3.09. The summed E-state index contributed by atoms with van der Waals surface area (Å²) in [5.41, 5.74) is 0. The molecule has 0 spiro atoms. The second-order valence-electron chi connectivity index (χ2n) is 4.19. The summed E-state index contributed by atoms with van der Waals surface area (Å²) in [4.78, 5) is 0. The molecule has 1 heterocycles. The molecule has 1 aromatic rings. The van der Waals surface area contributed by atoms with Crippen LogP contribution in [0.3, 0.4) is 0 Å². The summed E-state index contributed by atoms with van der Waals surface area (Å²) in [7, 11) is -3.40. The van der Waals surface area contributed by atoms with Crippen molar-refractivity contribution in [3.63, 3.8) is 0 Å². The molecule has 2 rings (SSSR count). The lowest BCUT2D eigenvalue weighted by Gasteiger charge is -2.10. The molecule has 1 N–H and O–H groups in total. The van der Waals surface area contributed by atoms with Crippen molar-refractivity contribution in [3.8, 4) is 0 Å². The Balaban J connectivity index is 1.94. The molecule has 0 saturated heterocycles. The van der Waals surface area contributed by atoms with E-state index in [1.165, 1.54) is 6.07 Å². The van der Waals surface area contributed by atoms with Gasteiger partial charge in [-0.2, -0.15) is 0 Å². The second-order valence-corrected chi connectivity index (χ2v) is 8.51. The largest absolute Gasteiger partial charge is 0.250 e. The van der Waals surface area contributed by atoms with Crippen molar-refractivity contribution < 1.29 is 8.42 Å². The summed E-state index contributed by atoms with van der Waals surface area (Å²) >= 11 is 12.8. The molecule has 0 amide bonds. The SMILES string of the molecule is O=S(=O)(NCC1CCC(Cl)C1)c1ccc(Cl)s1. The van der Waals surface area contributed by atoms with Crippen molar-refractivity contribution in [2.45, 2.75) is 28.8 Å². The lowest BCUT2D eigenvalue weighted by molar-refractivity contribution is 0.521. The minimum absolute atomic E-state index is 0.195. The van der Waals surface area contributed by atoms with Crippen molar-refractivity contribution in [2.24, 2.45) is 5.92 Å². The fourth-order valence-corrected chi connectivity index (χ4v) is 4.96. The van der Waals surface area contributed by atoms with Gasteiger partial charge in [0, 0.05) is 11.9 Å². The lowest BCUT2D eigenvalue weighted by atomic mass is 10.1. The average Bonchev–Trinajstić information content (AvgIpc) is 2.85. The molecule has 1 aliphatic rings. The quantitative estimate of drug-likeness (QED) is 0.868. The van der Waals surface area contributed by atoms with Crippen molar-refractivity contribution >= 4 is 44.6 Å². The van der Waals surface area contributed by atoms with Crippen LogP contribution < -0.4 is 4.72 Å². The molecule has 1 aromatic heterocycles. The Morgan fingerprint density at radius 1 is 1.41 bits per heavy atom. The highest BCUT2D eigenvalue weighted by Gasteiger charge is 2.25. The van der Waals surface area contributed by atoms with Crippen LogP contribution in [0.1, 0.15) is 19.3 Å². The van der Waals surface area contributed by atoms with E-state index in [0.29, 0.717) is 16.8 Å². The number of hydrogen-bond acceptors (Lipinski definition) is 3. The van der Waals surface area contributed by atoms with Crippen molar-refractivity contribution in [3.05, 3.63) is 16.5 Å². The molecule has 7 heteroatoms. The van der Waals surface area contributed by atoms with Crippen LogP contribution in [-0.4, -0.2) is 20.3 Å². The van der Waals surface area contributed by atoms with Crippen molar-refractivity contribution in [2.75, 3.05) is 6.54 Å². The van der Waals surface area contributed by atoms with Crippen LogP contribution in [0.15, 0.2) is 16.3 Å². The summed E-state index contributed by atoms with van der Waals surface area (Å²) < 4.78 is 27.1. The van der Waals surface area contributed by atoms with Gasteiger partial charge in [0.05, 0.1) is 4.34 Å². The Bertz CT molecular complexity index is 486. The van der Waals surface area contributed by atoms with E-state index in [2.05, 4.69) is 4.72 Å². The smallest absolute Gasteiger partial charge is 0.210 e. The minimum Gasteiger partial charge on any atom is -0.210 e. The Labute approximate surface area is 115 Å². The van der Waals surface area contributed by atoms with E-state index in [1.807, 2.05) is 0 Å². The molecule has 3 nitrogen and oxygen atoms in total. The van der Waals surface area contributed by atoms with Gasteiger partial charge in [0.2, 0.25) is 10.0 Å². The van der Waals surface area contributed by atoms with Crippen LogP contribution in [0.2, 0.25) is 4.34 Å². The highest BCUT2D eigenvalue weighted by atomic mass is 35.5. The van der Waals surface area contributed by atoms with Gasteiger partial charge in [0.25, 0.3) is 0 Å². The van der Waals surface area contributed by atoms with Gasteiger partial charge in [-0.15, -0.1) is 22.9 Å². The zero-order chi connectivity index (χ0) is 12.5. The third-order valence-electron chi connectivity index (χ3n) is 2.85. The maximum absolute atomic E-state index is 11.9. The van der Waals surface area contributed by atoms with E-state index in [-0.39, 0.29) is 9.59 Å². The van der Waals surface area contributed by atoms with Gasteiger partial charge in [-0.1, -0.05) is 11.6 Å². The average molecular weight is 314 g/mol. The standard InChI is InChI=1S/C10H13Cl2NO2S2/c11-8-2-1-7(5-8)6-13-17(14,15)10-4-3-9(12)16-10/h3-4,7-8,13H,1-2,5-6H2. The zero-order valence-corrected chi connectivity index (χ0v) is 12.2. The van der Waals surface area contributed by atoms with Gasteiger partial charge < -0.3 is 0 Å². The summed E-state index contributed by atoms with van der Waals surface area (Å²) in [6.07, 6.45) is 2.84. The molecule has 1 saturated carbocycles. The number of sulfonamides is 1. The predicted molar refractivity (Wildman–Crippen MR) is 71.5 cm³/mol. The van der Waals surface area contributed by atoms with Gasteiger partial charge in [-0.05, 0) is 37.3 Å². The first-order valence-corrected chi connectivity index (χ1v) is 8.48. The maximum Gasteiger partial charge on any atom is 0.250 e. The van der Waals surface area contributed by atoms with Crippen LogP contribution >= 0.6 is 34.5 Å². The number of rotatable bonds is 4. The fraction of sp³-hybridized carbons (Fsp3) is 0.600. The summed E-state index contributed by atoms with van der Waals surface area (Å²) in [6.45, 7) is 0.459. The molecule has 2 atom stereocenters. The molecule has 0 bridgehead atoms. The Hall–Kier alpha value is 0.190. The molecule has 96 valence electrons. The molecule has 2 unspecified atom stereocenters. The van der Waals surface area contributed by atoms with Crippen LogP contribution in [0.5, 0.6) is 0 Å². The molecule has 1 fully saturated rings. The number of nitrogens with one attached hydrogen (secondary N) is 1. The Morgan fingerprint density at radius 2 is 2.18 bits per heavy atom. The first-order valence-electron chi connectivity index (χ1n) is 5.36. The second kappa shape index (κ2) is 5.45. The van der Waals surface area contributed by atoms with Crippen LogP contribution in [0.25, 0.3) is 0 Å². The maximum atomic E-state index is 11.9. The number of alkyl halides is 1. The van der Waals surface area contributed by atoms with Gasteiger partial charge in [0.15, 0.2) is 0 Å². The number of halogens is 2. The highest BCUT2D eigenvalue weighted by molar-refractivity contribution is 7.91. The molecular weight excluding hydrogens is 301 g/mol. The molecular formula is C10H13Cl2NO2S2. The van der Waals surface area contributed by atoms with Crippen LogP contribution in [-0.2, 0) is 10.0 Å². The van der Waals surface area contributed by atoms with E-state index in [4.69, 9.17) is 23.2 Å². The van der Waals surface area contributed by atoms with Gasteiger partial charge in [-0.25, -0.2) is 13.1 Å². The number of hydrogen-bond donors (Lipinski definition) is 1. The van der Waals surface area contributed by atoms with Crippen molar-refractivity contribution in [1.29, 1.82) is 0 Å². The van der Waals surface area contributed by atoms with Crippen LogP contribution in [0, 0.1) is 5.92 Å². The highest BCUT2D eigenvalue weighted by Crippen LogP contribution is 2.30. The van der Waals surface area contributed by atoms with E-state index < -0.39 is 10.0 Å². The lowest BCUT2D eigenvalue weighted by Crippen LogP contribution is -2.28. The van der Waals surface area contributed by atoms with Gasteiger partial charge in [-0.3, -0.25) is 0 Å². The van der Waals surface area contributed by atoms with Crippen LogP contribution in [0.4, 0.5) is 0 Å². The van der Waals surface area contributed by atoms with E-state index in [1.54, 1.807) is 6.07 Å². The first kappa shape index (κ1) is 13.6. The monoisotopic (exact) mass is 313 g/mol. The fourth-order valence-electron chi connectivity index (χ4n) is 1.94. The van der Waals surface area contributed by atoms with E-state index >= 15 is 0 Å². The normalized spacial score (nSPS) is 25.3. The van der Waals surface area contributed by atoms with Gasteiger partial charge in [0.1, 0.15) is 4.21 Å². The van der Waals surface area contributed by atoms with E-state index in [0.717, 1.165) is 30.6 Å². The van der Waals surface area contributed by atoms with Crippen molar-refractivity contribution in [1.82, 2.24) is 4.72 Å². The third kappa shape index (κ3) is 3.58. The van der Waals surface area contributed by atoms with E-state index in [9.17, 15) is 8.42 Å². The molecule has 0 radical (unpaired) electrons.